The van der Waals surface area contributed by atoms with Gasteiger partial charge in [0.15, 0.2) is 0 Å². The third-order valence-electron chi connectivity index (χ3n) is 4.32. The number of amides is 1. The topological polar surface area (TPSA) is 83.5 Å². The van der Waals surface area contributed by atoms with Crippen LogP contribution in [0.1, 0.15) is 59.3 Å². The van der Waals surface area contributed by atoms with E-state index in [9.17, 15) is 19.5 Å². The van der Waals surface area contributed by atoms with Gasteiger partial charge in [-0.25, -0.2) is 4.79 Å². The number of aliphatic carboxylic acids is 1. The fourth-order valence-corrected chi connectivity index (χ4v) is 3.14. The Labute approximate surface area is 138 Å². The van der Waals surface area contributed by atoms with Gasteiger partial charge in [0.1, 0.15) is 11.8 Å². The van der Waals surface area contributed by atoms with Crippen molar-refractivity contribution in [2.75, 3.05) is 0 Å². The number of carboxylic acids is 1. The zero-order chi connectivity index (χ0) is 17.4. The monoisotopic (exact) mass is 323 g/mol. The van der Waals surface area contributed by atoms with E-state index in [1.807, 2.05) is 32.9 Å². The van der Waals surface area contributed by atoms with Crippen LogP contribution < -0.4 is 5.32 Å². The van der Waals surface area contributed by atoms with E-state index in [1.54, 1.807) is 0 Å². The van der Waals surface area contributed by atoms with Crippen molar-refractivity contribution in [2.24, 2.45) is 17.8 Å². The number of rotatable bonds is 9. The zero-order valence-corrected chi connectivity index (χ0v) is 14.4. The molecule has 2 N–H and O–H groups in total. The number of hydrogen-bond acceptors (Lipinski definition) is 3. The van der Waals surface area contributed by atoms with Crippen LogP contribution in [0.25, 0.3) is 0 Å². The lowest BCUT2D eigenvalue weighted by Gasteiger charge is -2.20. The van der Waals surface area contributed by atoms with E-state index < -0.39 is 12.0 Å². The lowest BCUT2D eigenvalue weighted by atomic mass is 9.89. The molecule has 1 saturated carbocycles. The molecule has 1 fully saturated rings. The van der Waals surface area contributed by atoms with E-state index in [0.29, 0.717) is 19.3 Å². The van der Waals surface area contributed by atoms with Gasteiger partial charge < -0.3 is 10.4 Å². The number of carbonyl (C=O) groups is 3. The molecule has 0 aromatic heterocycles. The normalized spacial score (nSPS) is 22.7. The summed E-state index contributed by atoms with van der Waals surface area (Å²) >= 11 is 0. The summed E-state index contributed by atoms with van der Waals surface area (Å²) in [6, 6.07) is -0.849. The van der Waals surface area contributed by atoms with Gasteiger partial charge in [-0.1, -0.05) is 32.9 Å². The first-order valence-electron chi connectivity index (χ1n) is 8.55. The van der Waals surface area contributed by atoms with Gasteiger partial charge >= 0.3 is 5.97 Å². The summed E-state index contributed by atoms with van der Waals surface area (Å²) in [5, 5.41) is 11.8. The van der Waals surface area contributed by atoms with Crippen molar-refractivity contribution >= 4 is 17.7 Å². The third kappa shape index (κ3) is 6.55. The quantitative estimate of drug-likeness (QED) is 0.639. The van der Waals surface area contributed by atoms with Crippen molar-refractivity contribution in [3.05, 3.63) is 12.2 Å². The van der Waals surface area contributed by atoms with Crippen molar-refractivity contribution in [1.29, 1.82) is 0 Å². The molecule has 0 spiro atoms. The van der Waals surface area contributed by atoms with Crippen molar-refractivity contribution in [3.63, 3.8) is 0 Å². The number of Topliss-reactive ketones (excluding diaryl/α,β-unsaturated/α-hetero) is 1. The first-order chi connectivity index (χ1) is 10.8. The first-order valence-corrected chi connectivity index (χ1v) is 8.55. The second-order valence-electron chi connectivity index (χ2n) is 6.78. The van der Waals surface area contributed by atoms with Crippen LogP contribution in [-0.2, 0) is 14.4 Å². The average molecular weight is 323 g/mol. The molecule has 1 aliphatic rings. The zero-order valence-electron chi connectivity index (χ0n) is 14.4. The van der Waals surface area contributed by atoms with E-state index in [4.69, 9.17) is 0 Å². The second kappa shape index (κ2) is 9.48. The maximum Gasteiger partial charge on any atom is 0.326 e. The maximum atomic E-state index is 12.2. The van der Waals surface area contributed by atoms with Gasteiger partial charge in [-0.3, -0.25) is 9.59 Å². The van der Waals surface area contributed by atoms with Gasteiger partial charge in [0.05, 0.1) is 0 Å². The predicted molar refractivity (Wildman–Crippen MR) is 88.9 cm³/mol. The highest BCUT2D eigenvalue weighted by Gasteiger charge is 2.35. The molecule has 1 amide bonds. The minimum absolute atomic E-state index is 0.0255. The van der Waals surface area contributed by atoms with Crippen molar-refractivity contribution < 1.29 is 19.5 Å². The summed E-state index contributed by atoms with van der Waals surface area (Å²) in [5.74, 6) is -0.925. The van der Waals surface area contributed by atoms with Crippen molar-refractivity contribution in [1.82, 2.24) is 5.32 Å². The van der Waals surface area contributed by atoms with E-state index >= 15 is 0 Å². The predicted octanol–water partition coefficient (Wildman–Crippen LogP) is 2.94. The van der Waals surface area contributed by atoms with Crippen LogP contribution in [0.5, 0.6) is 0 Å². The number of carboxylic acid groups (broad SMARTS) is 1. The molecule has 0 aromatic rings. The van der Waals surface area contributed by atoms with Crippen molar-refractivity contribution in [3.8, 4) is 0 Å². The molecule has 23 heavy (non-hydrogen) atoms. The molecule has 0 aromatic carbocycles. The van der Waals surface area contributed by atoms with Gasteiger partial charge in [-0.05, 0) is 37.5 Å². The number of carbonyl (C=O) groups excluding carboxylic acids is 2. The number of nitrogens with one attached hydrogen (secondary N) is 1. The van der Waals surface area contributed by atoms with E-state index in [2.05, 4.69) is 5.32 Å². The van der Waals surface area contributed by atoms with Crippen LogP contribution in [0.3, 0.4) is 0 Å². The van der Waals surface area contributed by atoms with Crippen molar-refractivity contribution in [2.45, 2.75) is 65.3 Å². The van der Waals surface area contributed by atoms with Gasteiger partial charge in [0.25, 0.3) is 0 Å². The molecule has 1 aliphatic carbocycles. The summed E-state index contributed by atoms with van der Waals surface area (Å²) in [6.07, 6.45) is 7.55. The minimum Gasteiger partial charge on any atom is -0.480 e. The highest BCUT2D eigenvalue weighted by atomic mass is 16.4. The molecule has 0 saturated heterocycles. The first kappa shape index (κ1) is 19.4. The molecule has 0 radical (unpaired) electrons. The molecule has 1 unspecified atom stereocenters. The van der Waals surface area contributed by atoms with Gasteiger partial charge in [-0.2, -0.15) is 0 Å². The van der Waals surface area contributed by atoms with Crippen LogP contribution in [0.2, 0.25) is 0 Å². The smallest absolute Gasteiger partial charge is 0.326 e. The molecule has 0 bridgehead atoms. The molecule has 3 atom stereocenters. The molecule has 5 nitrogen and oxygen atoms in total. The molecule has 130 valence electrons. The van der Waals surface area contributed by atoms with Gasteiger partial charge in [0, 0.05) is 18.8 Å². The average Bonchev–Trinajstić information content (AvgIpc) is 2.79. The highest BCUT2D eigenvalue weighted by Crippen LogP contribution is 2.34. The molecule has 0 heterocycles. The van der Waals surface area contributed by atoms with Crippen LogP contribution >= 0.6 is 0 Å². The third-order valence-corrected chi connectivity index (χ3v) is 4.32. The summed E-state index contributed by atoms with van der Waals surface area (Å²) in [5.41, 5.74) is 0. The molecular formula is C18H29NO4. The summed E-state index contributed by atoms with van der Waals surface area (Å²) in [6.45, 7) is 5.89. The Hall–Kier alpha value is -1.65. The van der Waals surface area contributed by atoms with E-state index in [-0.39, 0.29) is 35.9 Å². The van der Waals surface area contributed by atoms with Gasteiger partial charge in [0.2, 0.25) is 5.91 Å². The minimum atomic E-state index is -1.00. The molecule has 0 aliphatic heterocycles. The number of hydrogen-bond donors (Lipinski definition) is 2. The Bertz CT molecular complexity index is 456. The summed E-state index contributed by atoms with van der Waals surface area (Å²) in [7, 11) is 0. The molecular weight excluding hydrogens is 294 g/mol. The fraction of sp³-hybridized carbons (Fsp3) is 0.722. The van der Waals surface area contributed by atoms with Gasteiger partial charge in [-0.15, -0.1) is 0 Å². The SMILES string of the molecule is CC/C=C\C[C@H]1C(=O)CC[C@@H]1CC(=O)NC(CC(C)C)C(=O)O. The summed E-state index contributed by atoms with van der Waals surface area (Å²) < 4.78 is 0. The maximum absolute atomic E-state index is 12.2. The summed E-state index contributed by atoms with van der Waals surface area (Å²) in [4.78, 5) is 35.4. The Balaban J connectivity index is 2.58. The Morgan fingerprint density at radius 3 is 2.61 bits per heavy atom. The van der Waals surface area contributed by atoms with E-state index in [1.165, 1.54) is 0 Å². The standard InChI is InChI=1S/C18H29NO4/c1-4-5-6-7-14-13(8-9-16(14)20)11-17(21)19-15(18(22)23)10-12(2)3/h5-6,12-15H,4,7-11H2,1-3H3,(H,19,21)(H,22,23)/b6-5-/t13-,14-,15?/m1/s1. The number of ketones is 1. The fourth-order valence-electron chi connectivity index (χ4n) is 3.14. The number of allylic oxidation sites excluding steroid dienone is 2. The Morgan fingerprint density at radius 1 is 1.35 bits per heavy atom. The van der Waals surface area contributed by atoms with Crippen LogP contribution in [0.4, 0.5) is 0 Å². The second-order valence-corrected chi connectivity index (χ2v) is 6.78. The van der Waals surface area contributed by atoms with E-state index in [0.717, 1.165) is 12.8 Å². The lowest BCUT2D eigenvalue weighted by molar-refractivity contribution is -0.142. The van der Waals surface area contributed by atoms with Crippen LogP contribution in [0.15, 0.2) is 12.2 Å². The largest absolute Gasteiger partial charge is 0.480 e. The molecule has 5 heteroatoms. The Morgan fingerprint density at radius 2 is 2.04 bits per heavy atom. The Kier molecular flexibility index (Phi) is 8.00. The molecule has 1 rings (SSSR count). The van der Waals surface area contributed by atoms with Crippen LogP contribution in [0, 0.1) is 17.8 Å². The highest BCUT2D eigenvalue weighted by molar-refractivity contribution is 5.87. The van der Waals surface area contributed by atoms with Crippen LogP contribution in [-0.4, -0.2) is 28.8 Å². The lowest BCUT2D eigenvalue weighted by Crippen LogP contribution is -2.42.